The second kappa shape index (κ2) is 12.5. The van der Waals surface area contributed by atoms with Crippen LogP contribution in [-0.4, -0.2) is 90.7 Å². The fraction of sp³-hybridized carbons (Fsp3) is 0.360. The number of likely N-dealkylation sites (N-methyl/N-ethyl adjacent to an activating group) is 2. The van der Waals surface area contributed by atoms with E-state index in [2.05, 4.69) is 4.99 Å². The van der Waals surface area contributed by atoms with Gasteiger partial charge in [0, 0.05) is 32.7 Å². The van der Waals surface area contributed by atoms with Crippen molar-refractivity contribution in [1.82, 2.24) is 14.7 Å². The van der Waals surface area contributed by atoms with E-state index >= 15 is 0 Å². The van der Waals surface area contributed by atoms with E-state index in [4.69, 9.17) is 9.47 Å². The Morgan fingerprint density at radius 3 is 2.40 bits per heavy atom. The first-order valence-corrected chi connectivity index (χ1v) is 11.2. The summed E-state index contributed by atoms with van der Waals surface area (Å²) in [7, 11) is 3.29. The van der Waals surface area contributed by atoms with Gasteiger partial charge in [-0.25, -0.2) is 9.59 Å². The summed E-state index contributed by atoms with van der Waals surface area (Å²) in [4.78, 5) is 44.2. The van der Waals surface area contributed by atoms with Gasteiger partial charge in [0.15, 0.2) is 0 Å². The van der Waals surface area contributed by atoms with Gasteiger partial charge in [-0.05, 0) is 11.1 Å². The number of carbonyl (C=O) groups is 3. The topological polar surface area (TPSA) is 112 Å². The van der Waals surface area contributed by atoms with Gasteiger partial charge < -0.3 is 24.4 Å². The Balaban J connectivity index is 1.36. The van der Waals surface area contributed by atoms with Crippen molar-refractivity contribution in [1.29, 1.82) is 0 Å². The minimum absolute atomic E-state index is 0.105. The highest BCUT2D eigenvalue weighted by Gasteiger charge is 2.24. The number of hydrogen-bond donors (Lipinski definition) is 1. The summed E-state index contributed by atoms with van der Waals surface area (Å²) >= 11 is 0. The summed E-state index contributed by atoms with van der Waals surface area (Å²) in [5.74, 6) is 0.247. The van der Waals surface area contributed by atoms with Crippen molar-refractivity contribution in [3.05, 3.63) is 71.3 Å². The van der Waals surface area contributed by atoms with Crippen LogP contribution in [0.4, 0.5) is 9.59 Å². The van der Waals surface area contributed by atoms with Crippen LogP contribution in [0.3, 0.4) is 0 Å². The largest absolute Gasteiger partial charge is 0.465 e. The molecule has 1 aliphatic heterocycles. The van der Waals surface area contributed by atoms with Crippen LogP contribution in [0.5, 0.6) is 0 Å². The van der Waals surface area contributed by atoms with E-state index in [0.717, 1.165) is 16.7 Å². The van der Waals surface area contributed by atoms with Crippen molar-refractivity contribution < 1.29 is 29.0 Å². The monoisotopic (exact) mass is 482 g/mol. The number of rotatable bonds is 10. The lowest BCUT2D eigenvalue weighted by molar-refractivity contribution is -0.135. The van der Waals surface area contributed by atoms with Crippen LogP contribution in [0.15, 0.2) is 59.6 Å². The Kier molecular flexibility index (Phi) is 9.19. The first-order valence-electron chi connectivity index (χ1n) is 11.2. The number of hydrogen-bond acceptors (Lipinski definition) is 6. The molecule has 0 aliphatic carbocycles. The molecular weight excluding hydrogens is 452 g/mol. The van der Waals surface area contributed by atoms with Crippen LogP contribution >= 0.6 is 0 Å². The third kappa shape index (κ3) is 7.54. The molecule has 1 N–H and O–H groups in total. The van der Waals surface area contributed by atoms with Crippen molar-refractivity contribution in [3.8, 4) is 0 Å². The van der Waals surface area contributed by atoms with Crippen molar-refractivity contribution in [2.24, 2.45) is 4.99 Å². The lowest BCUT2D eigenvalue weighted by atomic mass is 10.1. The molecule has 10 nitrogen and oxygen atoms in total. The summed E-state index contributed by atoms with van der Waals surface area (Å²) < 4.78 is 10.7. The minimum Gasteiger partial charge on any atom is -0.465 e. The second-order valence-electron chi connectivity index (χ2n) is 8.10. The second-order valence-corrected chi connectivity index (χ2v) is 8.10. The van der Waals surface area contributed by atoms with E-state index in [9.17, 15) is 19.5 Å². The number of aliphatic imine (C=N–C) groups is 1. The summed E-state index contributed by atoms with van der Waals surface area (Å²) in [6.07, 6.45) is -1.48. The maximum Gasteiger partial charge on any atom is 0.413 e. The third-order valence-electron chi connectivity index (χ3n) is 5.44. The minimum atomic E-state index is -1.02. The number of amidine groups is 1. The normalized spacial score (nSPS) is 12.7. The van der Waals surface area contributed by atoms with Crippen LogP contribution in [0.2, 0.25) is 0 Å². The zero-order valence-electron chi connectivity index (χ0n) is 19.9. The summed E-state index contributed by atoms with van der Waals surface area (Å²) in [6.45, 7) is 1.77. The highest BCUT2D eigenvalue weighted by Crippen LogP contribution is 2.14. The molecule has 0 aromatic heterocycles. The molecular formula is C25H30N4O6. The summed E-state index contributed by atoms with van der Waals surface area (Å²) in [6, 6.07) is 16.7. The molecule has 3 amide bonds. The number of benzene rings is 2. The van der Waals surface area contributed by atoms with Gasteiger partial charge in [-0.1, -0.05) is 54.6 Å². The van der Waals surface area contributed by atoms with Crippen LogP contribution in [0.1, 0.15) is 16.7 Å². The summed E-state index contributed by atoms with van der Waals surface area (Å²) in [5, 5.41) is 9.26. The number of carbonyl (C=O) groups excluding carboxylic acids is 2. The van der Waals surface area contributed by atoms with E-state index in [-0.39, 0.29) is 25.7 Å². The Morgan fingerprint density at radius 1 is 1.00 bits per heavy atom. The van der Waals surface area contributed by atoms with Gasteiger partial charge in [0.1, 0.15) is 19.0 Å². The third-order valence-corrected chi connectivity index (χ3v) is 5.44. The maximum absolute atomic E-state index is 12.4. The van der Waals surface area contributed by atoms with Crippen molar-refractivity contribution in [2.45, 2.75) is 13.2 Å². The molecule has 0 spiro atoms. The molecule has 0 saturated heterocycles. The lowest BCUT2D eigenvalue weighted by Gasteiger charge is -2.19. The van der Waals surface area contributed by atoms with E-state index in [1.807, 2.05) is 42.5 Å². The van der Waals surface area contributed by atoms with Gasteiger partial charge in [0.25, 0.3) is 0 Å². The van der Waals surface area contributed by atoms with E-state index in [1.54, 1.807) is 31.1 Å². The van der Waals surface area contributed by atoms with E-state index < -0.39 is 12.2 Å². The predicted octanol–water partition coefficient (Wildman–Crippen LogP) is 2.67. The highest BCUT2D eigenvalue weighted by molar-refractivity contribution is 6.07. The Morgan fingerprint density at radius 2 is 1.71 bits per heavy atom. The van der Waals surface area contributed by atoms with E-state index in [0.29, 0.717) is 32.0 Å². The predicted molar refractivity (Wildman–Crippen MR) is 129 cm³/mol. The zero-order valence-corrected chi connectivity index (χ0v) is 19.9. The Labute approximate surface area is 204 Å². The molecule has 10 heteroatoms. The first kappa shape index (κ1) is 25.7. The van der Waals surface area contributed by atoms with Crippen LogP contribution < -0.4 is 0 Å². The molecule has 0 fully saturated rings. The van der Waals surface area contributed by atoms with Gasteiger partial charge in [-0.15, -0.1) is 0 Å². The van der Waals surface area contributed by atoms with Crippen molar-refractivity contribution in [2.75, 3.05) is 46.9 Å². The zero-order chi connectivity index (χ0) is 25.2. The van der Waals surface area contributed by atoms with Gasteiger partial charge in [0.2, 0.25) is 5.91 Å². The fourth-order valence-corrected chi connectivity index (χ4v) is 3.39. The molecule has 1 aliphatic rings. The number of nitrogens with zero attached hydrogens (tertiary/aromatic N) is 4. The van der Waals surface area contributed by atoms with Crippen LogP contribution in [-0.2, 0) is 27.4 Å². The fourth-order valence-electron chi connectivity index (χ4n) is 3.39. The van der Waals surface area contributed by atoms with E-state index in [1.165, 1.54) is 9.80 Å². The van der Waals surface area contributed by atoms with Crippen molar-refractivity contribution in [3.63, 3.8) is 0 Å². The lowest BCUT2D eigenvalue weighted by Crippen LogP contribution is -2.33. The maximum atomic E-state index is 12.4. The summed E-state index contributed by atoms with van der Waals surface area (Å²) in [5.41, 5.74) is 2.52. The molecule has 0 unspecified atom stereocenters. The quantitative estimate of drug-likeness (QED) is 0.521. The number of amides is 3. The Hall–Kier alpha value is -3.92. The van der Waals surface area contributed by atoms with Crippen LogP contribution in [0, 0.1) is 0 Å². The number of carboxylic acid groups (broad SMARTS) is 1. The molecule has 0 bridgehead atoms. The Bertz CT molecular complexity index is 1040. The molecule has 0 saturated carbocycles. The number of ether oxygens (including phenoxy) is 2. The molecule has 186 valence electrons. The molecule has 2 aromatic carbocycles. The standard InChI is InChI=1S/C25H30N4O6/c1-27(25(33)35-17-20-6-4-3-5-7-20)14-15-34-18-22(30)28(2)16-19-8-10-21(11-9-19)23-26-12-13-29(23)24(31)32/h3-11H,12-18H2,1-2H3,(H,31,32). The van der Waals surface area contributed by atoms with Gasteiger partial charge >= 0.3 is 12.2 Å². The molecule has 2 aromatic rings. The SMILES string of the molecule is CN(Cc1ccc(C2=NCCN2C(=O)O)cc1)C(=O)COCCN(C)C(=O)OCc1ccccc1. The molecule has 35 heavy (non-hydrogen) atoms. The molecule has 0 radical (unpaired) electrons. The van der Waals surface area contributed by atoms with Crippen LogP contribution in [0.25, 0.3) is 0 Å². The molecule has 3 rings (SSSR count). The van der Waals surface area contributed by atoms with Gasteiger partial charge in [-0.3, -0.25) is 14.7 Å². The first-order chi connectivity index (χ1) is 16.8. The van der Waals surface area contributed by atoms with Crippen molar-refractivity contribution >= 4 is 23.9 Å². The molecule has 0 atom stereocenters. The molecule has 1 heterocycles. The van der Waals surface area contributed by atoms with Gasteiger partial charge in [0.05, 0.1) is 19.7 Å². The average Bonchev–Trinajstić information content (AvgIpc) is 3.36. The highest BCUT2D eigenvalue weighted by atomic mass is 16.6. The van der Waals surface area contributed by atoms with Gasteiger partial charge in [-0.2, -0.15) is 0 Å². The average molecular weight is 483 g/mol. The smallest absolute Gasteiger partial charge is 0.413 e.